The van der Waals surface area contributed by atoms with E-state index in [4.69, 9.17) is 0 Å². The quantitative estimate of drug-likeness (QED) is 0.920. The molecule has 0 bridgehead atoms. The highest BCUT2D eigenvalue weighted by Gasteiger charge is 2.37. The number of sulfonamides is 1. The van der Waals surface area contributed by atoms with E-state index in [0.717, 1.165) is 22.7 Å². The van der Waals surface area contributed by atoms with E-state index in [-0.39, 0.29) is 11.4 Å². The Hall–Kier alpha value is -1.40. The summed E-state index contributed by atoms with van der Waals surface area (Å²) in [5.74, 6) is -1.07. The van der Waals surface area contributed by atoms with Gasteiger partial charge < -0.3 is 5.11 Å². The first-order chi connectivity index (χ1) is 9.46. The van der Waals surface area contributed by atoms with Gasteiger partial charge in [0.05, 0.1) is 4.90 Å². The van der Waals surface area contributed by atoms with Crippen LogP contribution in [0.15, 0.2) is 29.2 Å². The lowest BCUT2D eigenvalue weighted by atomic mass is 10.1. The number of nitrogens with zero attached hydrogens (tertiary/aromatic N) is 1. The minimum absolute atomic E-state index is 0.185. The molecule has 1 aliphatic heterocycles. The molecule has 110 valence electrons. The Labute approximate surface area is 119 Å². The van der Waals surface area contributed by atoms with E-state index < -0.39 is 22.0 Å². The normalized spacial score (nSPS) is 20.8. The van der Waals surface area contributed by atoms with E-state index in [1.807, 2.05) is 13.0 Å². The summed E-state index contributed by atoms with van der Waals surface area (Å²) < 4.78 is 26.4. The van der Waals surface area contributed by atoms with Gasteiger partial charge in [-0.15, -0.1) is 0 Å². The SMILES string of the molecule is CCc1cccc(S(=O)(=O)N2CCCCC2C(=O)O)c1. The van der Waals surface area contributed by atoms with Crippen LogP contribution in [-0.4, -0.2) is 36.4 Å². The summed E-state index contributed by atoms with van der Waals surface area (Å²) in [6.45, 7) is 2.22. The van der Waals surface area contributed by atoms with E-state index in [1.54, 1.807) is 12.1 Å². The number of carbonyl (C=O) groups is 1. The Morgan fingerprint density at radius 2 is 2.15 bits per heavy atom. The van der Waals surface area contributed by atoms with E-state index >= 15 is 0 Å². The molecule has 1 saturated heterocycles. The predicted molar refractivity (Wildman–Crippen MR) is 75.0 cm³/mol. The average molecular weight is 297 g/mol. The van der Waals surface area contributed by atoms with Gasteiger partial charge in [-0.3, -0.25) is 4.79 Å². The molecule has 1 atom stereocenters. The maximum absolute atomic E-state index is 12.6. The highest BCUT2D eigenvalue weighted by molar-refractivity contribution is 7.89. The van der Waals surface area contributed by atoms with Gasteiger partial charge in [-0.2, -0.15) is 4.31 Å². The van der Waals surface area contributed by atoms with Gasteiger partial charge in [0.25, 0.3) is 0 Å². The number of aliphatic carboxylic acids is 1. The number of hydrogen-bond acceptors (Lipinski definition) is 3. The number of carboxylic acids is 1. The Bertz CT molecular complexity index is 597. The van der Waals surface area contributed by atoms with Crippen LogP contribution in [0, 0.1) is 0 Å². The molecule has 1 fully saturated rings. The molecule has 2 rings (SSSR count). The average Bonchev–Trinajstić information content (AvgIpc) is 2.47. The van der Waals surface area contributed by atoms with Crippen molar-refractivity contribution in [2.45, 2.75) is 43.5 Å². The van der Waals surface area contributed by atoms with Crippen molar-refractivity contribution in [3.05, 3.63) is 29.8 Å². The molecule has 1 aromatic rings. The zero-order chi connectivity index (χ0) is 14.8. The lowest BCUT2D eigenvalue weighted by Gasteiger charge is -2.31. The lowest BCUT2D eigenvalue weighted by Crippen LogP contribution is -2.47. The molecule has 0 saturated carbocycles. The maximum atomic E-state index is 12.6. The second-order valence-corrected chi connectivity index (χ2v) is 6.86. The summed E-state index contributed by atoms with van der Waals surface area (Å²) in [6.07, 6.45) is 2.57. The molecule has 1 heterocycles. The van der Waals surface area contributed by atoms with Crippen LogP contribution in [0.4, 0.5) is 0 Å². The van der Waals surface area contributed by atoms with Gasteiger partial charge in [0, 0.05) is 6.54 Å². The molecule has 1 aliphatic rings. The van der Waals surface area contributed by atoms with Crippen molar-refractivity contribution < 1.29 is 18.3 Å². The van der Waals surface area contributed by atoms with Crippen LogP contribution in [-0.2, 0) is 21.2 Å². The van der Waals surface area contributed by atoms with Gasteiger partial charge in [-0.1, -0.05) is 19.1 Å². The van der Waals surface area contributed by atoms with E-state index in [1.165, 1.54) is 6.07 Å². The van der Waals surface area contributed by atoms with Crippen molar-refractivity contribution in [3.63, 3.8) is 0 Å². The van der Waals surface area contributed by atoms with Crippen molar-refractivity contribution in [2.75, 3.05) is 6.54 Å². The molecule has 0 aliphatic carbocycles. The van der Waals surface area contributed by atoms with Crippen LogP contribution >= 0.6 is 0 Å². The first kappa shape index (κ1) is 15.0. The van der Waals surface area contributed by atoms with E-state index in [2.05, 4.69) is 0 Å². The number of rotatable bonds is 4. The molecule has 0 spiro atoms. The van der Waals surface area contributed by atoms with Crippen LogP contribution in [0.25, 0.3) is 0 Å². The van der Waals surface area contributed by atoms with Gasteiger partial charge in [0.1, 0.15) is 6.04 Å². The summed E-state index contributed by atoms with van der Waals surface area (Å²) >= 11 is 0. The monoisotopic (exact) mass is 297 g/mol. The number of piperidine rings is 1. The molecule has 6 heteroatoms. The number of aryl methyl sites for hydroxylation is 1. The second-order valence-electron chi connectivity index (χ2n) is 4.97. The van der Waals surface area contributed by atoms with E-state index in [9.17, 15) is 18.3 Å². The van der Waals surface area contributed by atoms with Crippen LogP contribution in [0.5, 0.6) is 0 Å². The van der Waals surface area contributed by atoms with Crippen molar-refractivity contribution in [1.82, 2.24) is 4.31 Å². The number of carboxylic acid groups (broad SMARTS) is 1. The lowest BCUT2D eigenvalue weighted by molar-refractivity contribution is -0.142. The smallest absolute Gasteiger partial charge is 0.322 e. The van der Waals surface area contributed by atoms with Crippen molar-refractivity contribution in [1.29, 1.82) is 0 Å². The van der Waals surface area contributed by atoms with Crippen LogP contribution < -0.4 is 0 Å². The van der Waals surface area contributed by atoms with Crippen LogP contribution in [0.3, 0.4) is 0 Å². The van der Waals surface area contributed by atoms with Crippen molar-refractivity contribution in [2.24, 2.45) is 0 Å². The van der Waals surface area contributed by atoms with Gasteiger partial charge in [-0.25, -0.2) is 8.42 Å². The van der Waals surface area contributed by atoms with Gasteiger partial charge in [-0.05, 0) is 43.4 Å². The van der Waals surface area contributed by atoms with Crippen molar-refractivity contribution in [3.8, 4) is 0 Å². The third-order valence-corrected chi connectivity index (χ3v) is 5.56. The summed E-state index contributed by atoms with van der Waals surface area (Å²) in [5.41, 5.74) is 0.926. The Balaban J connectivity index is 2.39. The number of benzene rings is 1. The van der Waals surface area contributed by atoms with Crippen molar-refractivity contribution >= 4 is 16.0 Å². The highest BCUT2D eigenvalue weighted by Crippen LogP contribution is 2.26. The summed E-state index contributed by atoms with van der Waals surface area (Å²) in [4.78, 5) is 11.4. The Kier molecular flexibility index (Phi) is 4.45. The molecule has 1 unspecified atom stereocenters. The van der Waals surface area contributed by atoms with Crippen LogP contribution in [0.1, 0.15) is 31.7 Å². The standard InChI is InChI=1S/C14H19NO4S/c1-2-11-6-5-7-12(10-11)20(18,19)15-9-4-3-8-13(15)14(16)17/h5-7,10,13H,2-4,8-9H2,1H3,(H,16,17). The minimum atomic E-state index is -3.74. The molecule has 0 aromatic heterocycles. The molecular formula is C14H19NO4S. The fourth-order valence-corrected chi connectivity index (χ4v) is 4.22. The third-order valence-electron chi connectivity index (χ3n) is 3.65. The topological polar surface area (TPSA) is 74.7 Å². The fourth-order valence-electron chi connectivity index (χ4n) is 2.50. The summed E-state index contributed by atoms with van der Waals surface area (Å²) in [7, 11) is -3.74. The number of hydrogen-bond donors (Lipinski definition) is 1. The zero-order valence-electron chi connectivity index (χ0n) is 11.4. The first-order valence-electron chi connectivity index (χ1n) is 6.80. The van der Waals surface area contributed by atoms with Gasteiger partial charge in [0.2, 0.25) is 10.0 Å². The second kappa shape index (κ2) is 5.93. The molecule has 1 N–H and O–H groups in total. The molecule has 0 radical (unpaired) electrons. The molecule has 1 aromatic carbocycles. The maximum Gasteiger partial charge on any atom is 0.322 e. The Morgan fingerprint density at radius 3 is 2.80 bits per heavy atom. The van der Waals surface area contributed by atoms with Crippen LogP contribution in [0.2, 0.25) is 0 Å². The highest BCUT2D eigenvalue weighted by atomic mass is 32.2. The molecule has 0 amide bonds. The molecule has 20 heavy (non-hydrogen) atoms. The van der Waals surface area contributed by atoms with Gasteiger partial charge >= 0.3 is 5.97 Å². The fraction of sp³-hybridized carbons (Fsp3) is 0.500. The third kappa shape index (κ3) is 2.86. The summed E-state index contributed by atoms with van der Waals surface area (Å²) in [5, 5.41) is 9.21. The molecule has 5 nitrogen and oxygen atoms in total. The largest absolute Gasteiger partial charge is 0.480 e. The van der Waals surface area contributed by atoms with Gasteiger partial charge in [0.15, 0.2) is 0 Å². The minimum Gasteiger partial charge on any atom is -0.480 e. The van der Waals surface area contributed by atoms with E-state index in [0.29, 0.717) is 12.8 Å². The molecular weight excluding hydrogens is 278 g/mol. The Morgan fingerprint density at radius 1 is 1.40 bits per heavy atom. The zero-order valence-corrected chi connectivity index (χ0v) is 12.3. The first-order valence-corrected chi connectivity index (χ1v) is 8.24. The predicted octanol–water partition coefficient (Wildman–Crippen LogP) is 1.88. The summed E-state index contributed by atoms with van der Waals surface area (Å²) in [6, 6.07) is 5.78.